The summed E-state index contributed by atoms with van der Waals surface area (Å²) in [6.45, 7) is 3.39. The second-order valence-electron chi connectivity index (χ2n) is 15.4. The number of aromatic nitrogens is 2. The van der Waals surface area contributed by atoms with E-state index in [1.807, 2.05) is 23.2 Å². The summed E-state index contributed by atoms with van der Waals surface area (Å²) < 4.78 is 24.9. The molecule has 2 N–H and O–H groups in total. The van der Waals surface area contributed by atoms with E-state index in [1.165, 1.54) is 12.1 Å². The van der Waals surface area contributed by atoms with E-state index in [-0.39, 0.29) is 61.7 Å². The molecule has 2 aromatic carbocycles. The van der Waals surface area contributed by atoms with Gasteiger partial charge in [0.1, 0.15) is 35.7 Å². The Kier molecular flexibility index (Phi) is 11.3. The minimum absolute atomic E-state index is 0.0393. The molecule has 5 amide bonds. The highest BCUT2D eigenvalue weighted by Gasteiger charge is 2.45. The van der Waals surface area contributed by atoms with Crippen molar-refractivity contribution in [1.29, 1.82) is 0 Å². The molecule has 6 heterocycles. The van der Waals surface area contributed by atoms with Crippen LogP contribution in [-0.2, 0) is 32.7 Å². The monoisotopic (exact) mass is 821 g/mol. The highest BCUT2D eigenvalue weighted by molar-refractivity contribution is 6.23. The number of hydrogen-bond acceptors (Lipinski definition) is 13. The van der Waals surface area contributed by atoms with Crippen LogP contribution in [0.1, 0.15) is 52.0 Å². The van der Waals surface area contributed by atoms with Gasteiger partial charge in [0.15, 0.2) is 0 Å². The molecule has 60 heavy (non-hydrogen) atoms. The zero-order valence-electron chi connectivity index (χ0n) is 33.9. The van der Waals surface area contributed by atoms with Gasteiger partial charge >= 0.3 is 0 Å². The van der Waals surface area contributed by atoms with E-state index in [4.69, 9.17) is 18.9 Å². The minimum Gasteiger partial charge on any atom is -0.496 e. The number of aryl methyl sites for hydroxylation is 1. The van der Waals surface area contributed by atoms with E-state index in [0.717, 1.165) is 39.9 Å². The Morgan fingerprint density at radius 2 is 1.67 bits per heavy atom. The predicted octanol–water partition coefficient (Wildman–Crippen LogP) is 2.58. The SMILES string of the molecule is CNc1cc2c(=O)n(C)cc(-c3cc(OC)c(CN4CC5CN(C(=O)CCOCCOc6ccc7c(c6)C(=O)N(C6CCC(=O)NC6=O)C7=O)CCC54)c(OC)c3)c2cn1. The van der Waals surface area contributed by atoms with Crippen molar-refractivity contribution in [2.24, 2.45) is 13.0 Å². The van der Waals surface area contributed by atoms with E-state index < -0.39 is 29.7 Å². The molecule has 4 aliphatic heterocycles. The van der Waals surface area contributed by atoms with Crippen LogP contribution in [0, 0.1) is 5.92 Å². The molecule has 0 saturated carbocycles. The molecule has 314 valence electrons. The Morgan fingerprint density at radius 3 is 2.38 bits per heavy atom. The fourth-order valence-corrected chi connectivity index (χ4v) is 8.79. The van der Waals surface area contributed by atoms with Gasteiger partial charge < -0.3 is 33.7 Å². The summed E-state index contributed by atoms with van der Waals surface area (Å²) >= 11 is 0. The standard InChI is InChI=1S/C43H47N7O10/c1-44-37-18-29-30(19-45-37)31(22-47(2)41(29)54)24-15-35(57-3)32(36(16-24)58-4)23-49-21-25-20-48(11-9-33(25)49)39(52)10-12-59-13-14-60-26-5-6-27-28(17-26)43(56)50(42(27)55)34-7-8-38(51)46-40(34)53/h5-6,15-19,22,25,33-34H,7-14,20-21,23H2,1-4H3,(H,44,45)(H,46,51,53). The highest BCUT2D eigenvalue weighted by atomic mass is 16.5. The first-order valence-electron chi connectivity index (χ1n) is 20.0. The topological polar surface area (TPSA) is 191 Å². The van der Waals surface area contributed by atoms with Gasteiger partial charge in [-0.1, -0.05) is 0 Å². The molecule has 3 atom stereocenters. The fraction of sp³-hybridized carbons (Fsp3) is 0.419. The van der Waals surface area contributed by atoms with Crippen LogP contribution in [0.3, 0.4) is 0 Å². The number of nitrogens with one attached hydrogen (secondary N) is 2. The summed E-state index contributed by atoms with van der Waals surface area (Å²) in [5.74, 6) is 0.450. The number of rotatable bonds is 14. The molecule has 4 aromatic rings. The lowest BCUT2D eigenvalue weighted by molar-refractivity contribution is -0.140. The molecular formula is C43H47N7O10. The maximum atomic E-state index is 13.2. The number of fused-ring (bicyclic) bond motifs is 3. The lowest BCUT2D eigenvalue weighted by Crippen LogP contribution is -2.63. The van der Waals surface area contributed by atoms with Crippen LogP contribution in [0.2, 0.25) is 0 Å². The Bertz CT molecular complexity index is 2440. The van der Waals surface area contributed by atoms with Crippen molar-refractivity contribution < 1.29 is 42.9 Å². The van der Waals surface area contributed by atoms with Crippen LogP contribution < -0.4 is 30.4 Å². The molecule has 0 spiro atoms. The zero-order valence-corrected chi connectivity index (χ0v) is 33.9. The molecule has 3 fully saturated rings. The van der Waals surface area contributed by atoms with Gasteiger partial charge in [-0.15, -0.1) is 0 Å². The second kappa shape index (κ2) is 16.7. The van der Waals surface area contributed by atoms with Crippen molar-refractivity contribution in [3.8, 4) is 28.4 Å². The number of hydrogen-bond donors (Lipinski definition) is 2. The summed E-state index contributed by atoms with van der Waals surface area (Å²) in [6, 6.07) is 9.54. The Labute approximate surface area is 345 Å². The van der Waals surface area contributed by atoms with E-state index in [2.05, 4.69) is 20.5 Å². The molecule has 17 heteroatoms. The molecule has 3 unspecified atom stereocenters. The van der Waals surface area contributed by atoms with Crippen molar-refractivity contribution >= 4 is 46.1 Å². The predicted molar refractivity (Wildman–Crippen MR) is 218 cm³/mol. The van der Waals surface area contributed by atoms with Crippen LogP contribution in [-0.4, -0.2) is 127 Å². The number of methoxy groups -OCH3 is 2. The first-order chi connectivity index (χ1) is 29.0. The Balaban J connectivity index is 0.803. The number of carbonyl (C=O) groups is 5. The lowest BCUT2D eigenvalue weighted by Gasteiger charge is -2.53. The molecule has 0 radical (unpaired) electrons. The number of likely N-dealkylation sites (tertiary alicyclic amines) is 2. The molecule has 8 rings (SSSR count). The van der Waals surface area contributed by atoms with Gasteiger partial charge in [0.2, 0.25) is 17.7 Å². The first-order valence-corrected chi connectivity index (χ1v) is 20.0. The largest absolute Gasteiger partial charge is 0.496 e. The van der Waals surface area contributed by atoms with Gasteiger partial charge in [0.05, 0.1) is 55.9 Å². The van der Waals surface area contributed by atoms with E-state index in [1.54, 1.807) is 51.2 Å². The number of ether oxygens (including phenoxy) is 4. The summed E-state index contributed by atoms with van der Waals surface area (Å²) in [6.07, 6.45) is 4.74. The minimum atomic E-state index is -1.04. The number of pyridine rings is 2. The summed E-state index contributed by atoms with van der Waals surface area (Å²) in [7, 11) is 6.78. The zero-order chi connectivity index (χ0) is 42.2. The number of imide groups is 2. The van der Waals surface area contributed by atoms with Gasteiger partial charge in [-0.2, -0.15) is 0 Å². The van der Waals surface area contributed by atoms with Gasteiger partial charge in [-0.05, 0) is 54.8 Å². The molecule has 17 nitrogen and oxygen atoms in total. The molecule has 2 aromatic heterocycles. The first kappa shape index (κ1) is 40.4. The molecule has 0 aliphatic carbocycles. The number of anilines is 1. The van der Waals surface area contributed by atoms with Crippen LogP contribution in [0.25, 0.3) is 21.9 Å². The van der Waals surface area contributed by atoms with E-state index >= 15 is 0 Å². The van der Waals surface area contributed by atoms with Crippen molar-refractivity contribution in [3.05, 3.63) is 75.8 Å². The van der Waals surface area contributed by atoms with Crippen molar-refractivity contribution in [2.75, 3.05) is 66.0 Å². The van der Waals surface area contributed by atoms with Crippen LogP contribution in [0.5, 0.6) is 17.2 Å². The van der Waals surface area contributed by atoms with Gasteiger partial charge in [-0.3, -0.25) is 43.9 Å². The third kappa shape index (κ3) is 7.54. The molecule has 3 saturated heterocycles. The number of nitrogens with zero attached hydrogens (tertiary/aromatic N) is 5. The normalized spacial score (nSPS) is 20.1. The van der Waals surface area contributed by atoms with E-state index in [0.29, 0.717) is 60.0 Å². The average Bonchev–Trinajstić information content (AvgIpc) is 3.49. The van der Waals surface area contributed by atoms with Gasteiger partial charge in [0, 0.05) is 82.0 Å². The third-order valence-electron chi connectivity index (χ3n) is 12.0. The lowest BCUT2D eigenvalue weighted by atomic mass is 9.82. The third-order valence-corrected chi connectivity index (χ3v) is 12.0. The Hall–Kier alpha value is -6.33. The van der Waals surface area contributed by atoms with Gasteiger partial charge in [-0.25, -0.2) is 4.98 Å². The molecule has 0 bridgehead atoms. The number of carbonyl (C=O) groups excluding carboxylic acids is 5. The highest BCUT2D eigenvalue weighted by Crippen LogP contribution is 2.41. The van der Waals surface area contributed by atoms with Crippen LogP contribution in [0.15, 0.2) is 53.6 Å². The number of benzene rings is 2. The van der Waals surface area contributed by atoms with Crippen molar-refractivity contribution in [2.45, 2.75) is 44.3 Å². The maximum Gasteiger partial charge on any atom is 0.262 e. The summed E-state index contributed by atoms with van der Waals surface area (Å²) in [5.41, 5.74) is 2.80. The summed E-state index contributed by atoms with van der Waals surface area (Å²) in [4.78, 5) is 85.8. The Morgan fingerprint density at radius 1 is 0.900 bits per heavy atom. The maximum absolute atomic E-state index is 13.2. The van der Waals surface area contributed by atoms with Crippen molar-refractivity contribution in [1.82, 2.24) is 29.6 Å². The smallest absolute Gasteiger partial charge is 0.262 e. The van der Waals surface area contributed by atoms with Crippen LogP contribution >= 0.6 is 0 Å². The van der Waals surface area contributed by atoms with Gasteiger partial charge in [0.25, 0.3) is 17.4 Å². The van der Waals surface area contributed by atoms with E-state index in [9.17, 15) is 28.8 Å². The number of piperidine rings is 2. The second-order valence-corrected chi connectivity index (χ2v) is 15.4. The number of amides is 5. The molecule has 4 aliphatic rings. The average molecular weight is 822 g/mol. The van der Waals surface area contributed by atoms with Crippen molar-refractivity contribution in [3.63, 3.8) is 0 Å². The summed E-state index contributed by atoms with van der Waals surface area (Å²) in [5, 5.41) is 6.48. The molecular weight excluding hydrogens is 775 g/mol. The fourth-order valence-electron chi connectivity index (χ4n) is 8.79. The quantitative estimate of drug-likeness (QED) is 0.140. The van der Waals surface area contributed by atoms with Crippen LogP contribution in [0.4, 0.5) is 5.82 Å².